The van der Waals surface area contributed by atoms with E-state index in [4.69, 9.17) is 4.52 Å². The van der Waals surface area contributed by atoms with Gasteiger partial charge in [0.05, 0.1) is 11.5 Å². The highest BCUT2D eigenvalue weighted by atomic mass is 19.1. The molecule has 7 nitrogen and oxygen atoms in total. The van der Waals surface area contributed by atoms with E-state index in [0.29, 0.717) is 49.8 Å². The van der Waals surface area contributed by atoms with Crippen molar-refractivity contribution >= 4 is 17.5 Å². The molecule has 1 atom stereocenters. The molecule has 1 aromatic heterocycles. The number of nitrogens with zero attached hydrogens (tertiary/aromatic N) is 3. The number of fused-ring (bicyclic) bond motifs is 1. The summed E-state index contributed by atoms with van der Waals surface area (Å²) in [5.41, 5.74) is 1.27. The second-order valence-corrected chi connectivity index (χ2v) is 6.45. The van der Waals surface area contributed by atoms with E-state index in [9.17, 15) is 14.0 Å². The molecule has 0 radical (unpaired) electrons. The number of hydrogen-bond acceptors (Lipinski definition) is 5. The molecule has 25 heavy (non-hydrogen) atoms. The highest BCUT2D eigenvalue weighted by Gasteiger charge is 2.33. The lowest BCUT2D eigenvalue weighted by Crippen LogP contribution is -2.30. The van der Waals surface area contributed by atoms with E-state index in [1.807, 2.05) is 0 Å². The molecule has 0 spiro atoms. The Bertz CT molecular complexity index is 864. The van der Waals surface area contributed by atoms with Crippen molar-refractivity contribution in [1.29, 1.82) is 0 Å². The highest BCUT2D eigenvalue weighted by Crippen LogP contribution is 2.30. The standard InChI is InChI=1S/C17H17FN4O3/c1-9-19-16(25-21-9)11-4-5-22(8-11)17(24)12-6-10-2-3-15(23)20-14(10)7-13(12)18/h6-7,11H,2-5,8H2,1H3,(H,20,23)/t11-/m0/s1. The topological polar surface area (TPSA) is 88.3 Å². The zero-order valence-electron chi connectivity index (χ0n) is 13.7. The van der Waals surface area contributed by atoms with Gasteiger partial charge >= 0.3 is 0 Å². The molecule has 8 heteroatoms. The zero-order valence-corrected chi connectivity index (χ0v) is 13.7. The smallest absolute Gasteiger partial charge is 0.256 e. The summed E-state index contributed by atoms with van der Waals surface area (Å²) >= 11 is 0. The van der Waals surface area contributed by atoms with Crippen molar-refractivity contribution in [2.45, 2.75) is 32.1 Å². The summed E-state index contributed by atoms with van der Waals surface area (Å²) in [4.78, 5) is 30.0. The molecule has 2 aromatic rings. The van der Waals surface area contributed by atoms with Crippen molar-refractivity contribution in [2.75, 3.05) is 18.4 Å². The Morgan fingerprint density at radius 2 is 2.24 bits per heavy atom. The van der Waals surface area contributed by atoms with E-state index in [-0.39, 0.29) is 23.3 Å². The fraction of sp³-hybridized carbons (Fsp3) is 0.412. The molecule has 130 valence electrons. The summed E-state index contributed by atoms with van der Waals surface area (Å²) < 4.78 is 19.6. The van der Waals surface area contributed by atoms with Crippen LogP contribution in [-0.2, 0) is 11.2 Å². The third-order valence-corrected chi connectivity index (χ3v) is 4.69. The van der Waals surface area contributed by atoms with Gasteiger partial charge in [0.2, 0.25) is 11.8 Å². The van der Waals surface area contributed by atoms with Crippen LogP contribution in [0.3, 0.4) is 0 Å². The number of carbonyl (C=O) groups is 2. The first-order valence-electron chi connectivity index (χ1n) is 8.23. The van der Waals surface area contributed by atoms with E-state index >= 15 is 0 Å². The molecule has 1 N–H and O–H groups in total. The molecule has 2 aliphatic heterocycles. The molecule has 2 amide bonds. The van der Waals surface area contributed by atoms with Crippen LogP contribution < -0.4 is 5.32 Å². The molecule has 0 aliphatic carbocycles. The lowest BCUT2D eigenvalue weighted by atomic mass is 9.99. The number of aryl methyl sites for hydroxylation is 2. The van der Waals surface area contributed by atoms with Crippen LogP contribution in [0.2, 0.25) is 0 Å². The molecular weight excluding hydrogens is 327 g/mol. The molecule has 0 saturated carbocycles. The average Bonchev–Trinajstić information content (AvgIpc) is 3.22. The van der Waals surface area contributed by atoms with Gasteiger partial charge in [-0.2, -0.15) is 4.98 Å². The number of nitrogens with one attached hydrogen (secondary N) is 1. The molecule has 0 unspecified atom stereocenters. The number of anilines is 1. The first kappa shape index (κ1) is 15.7. The lowest BCUT2D eigenvalue weighted by Gasteiger charge is -2.20. The van der Waals surface area contributed by atoms with Crippen molar-refractivity contribution in [3.05, 3.63) is 40.8 Å². The third kappa shape index (κ3) is 2.88. The van der Waals surface area contributed by atoms with Crippen LogP contribution in [-0.4, -0.2) is 39.9 Å². The van der Waals surface area contributed by atoms with Gasteiger partial charge in [-0.15, -0.1) is 0 Å². The highest BCUT2D eigenvalue weighted by molar-refractivity contribution is 5.98. The van der Waals surface area contributed by atoms with Crippen molar-refractivity contribution in [3.8, 4) is 0 Å². The molecule has 3 heterocycles. The number of benzene rings is 1. The van der Waals surface area contributed by atoms with E-state index < -0.39 is 5.82 Å². The number of carbonyl (C=O) groups excluding carboxylic acids is 2. The van der Waals surface area contributed by atoms with E-state index in [1.165, 1.54) is 6.07 Å². The van der Waals surface area contributed by atoms with Crippen LogP contribution >= 0.6 is 0 Å². The largest absolute Gasteiger partial charge is 0.339 e. The van der Waals surface area contributed by atoms with Crippen LogP contribution in [0.5, 0.6) is 0 Å². The predicted molar refractivity (Wildman–Crippen MR) is 85.6 cm³/mol. The van der Waals surface area contributed by atoms with E-state index in [2.05, 4.69) is 15.5 Å². The van der Waals surface area contributed by atoms with Crippen LogP contribution in [0.1, 0.15) is 46.4 Å². The second kappa shape index (κ2) is 5.94. The van der Waals surface area contributed by atoms with Gasteiger partial charge in [-0.1, -0.05) is 5.16 Å². The molecule has 2 aliphatic rings. The van der Waals surface area contributed by atoms with Gasteiger partial charge in [-0.25, -0.2) is 4.39 Å². The van der Waals surface area contributed by atoms with Gasteiger partial charge in [-0.3, -0.25) is 9.59 Å². The van der Waals surface area contributed by atoms with Gasteiger partial charge in [0.25, 0.3) is 5.91 Å². The molecular formula is C17H17FN4O3. The van der Waals surface area contributed by atoms with Crippen LogP contribution in [0.25, 0.3) is 0 Å². The third-order valence-electron chi connectivity index (χ3n) is 4.69. The van der Waals surface area contributed by atoms with Crippen molar-refractivity contribution < 1.29 is 18.5 Å². The number of halogens is 1. The summed E-state index contributed by atoms with van der Waals surface area (Å²) in [5.74, 6) is -0.0590. The summed E-state index contributed by atoms with van der Waals surface area (Å²) in [6.07, 6.45) is 1.55. The second-order valence-electron chi connectivity index (χ2n) is 6.45. The molecule has 1 saturated heterocycles. The van der Waals surface area contributed by atoms with Gasteiger partial charge < -0.3 is 14.7 Å². The fourth-order valence-electron chi connectivity index (χ4n) is 3.36. The first-order valence-corrected chi connectivity index (χ1v) is 8.23. The fourth-order valence-corrected chi connectivity index (χ4v) is 3.36. The number of hydrogen-bond donors (Lipinski definition) is 1. The van der Waals surface area contributed by atoms with Gasteiger partial charge in [0, 0.05) is 25.2 Å². The summed E-state index contributed by atoms with van der Waals surface area (Å²) in [5, 5.41) is 6.41. The minimum atomic E-state index is -0.622. The van der Waals surface area contributed by atoms with Crippen molar-refractivity contribution in [2.24, 2.45) is 0 Å². The Morgan fingerprint density at radius 3 is 3.00 bits per heavy atom. The minimum absolute atomic E-state index is 0.0230. The van der Waals surface area contributed by atoms with Crippen molar-refractivity contribution in [3.63, 3.8) is 0 Å². The predicted octanol–water partition coefficient (Wildman–Crippen LogP) is 2.03. The lowest BCUT2D eigenvalue weighted by molar-refractivity contribution is -0.116. The summed E-state index contributed by atoms with van der Waals surface area (Å²) in [7, 11) is 0. The Morgan fingerprint density at radius 1 is 1.40 bits per heavy atom. The molecule has 1 fully saturated rings. The van der Waals surface area contributed by atoms with E-state index in [0.717, 1.165) is 5.56 Å². The van der Waals surface area contributed by atoms with Gasteiger partial charge in [0.1, 0.15) is 5.82 Å². The SMILES string of the molecule is Cc1noc([C@H]2CCN(C(=O)c3cc4c(cc3F)NC(=O)CC4)C2)n1. The van der Waals surface area contributed by atoms with Crippen LogP contribution in [0.15, 0.2) is 16.7 Å². The number of likely N-dealkylation sites (tertiary alicyclic amines) is 1. The van der Waals surface area contributed by atoms with E-state index in [1.54, 1.807) is 17.9 Å². The minimum Gasteiger partial charge on any atom is -0.339 e. The number of aromatic nitrogens is 2. The maximum atomic E-state index is 14.4. The van der Waals surface area contributed by atoms with Gasteiger partial charge in [-0.05, 0) is 37.5 Å². The summed E-state index contributed by atoms with van der Waals surface area (Å²) in [6, 6.07) is 2.78. The summed E-state index contributed by atoms with van der Waals surface area (Å²) in [6.45, 7) is 2.68. The Balaban J connectivity index is 1.54. The average molecular weight is 344 g/mol. The number of amides is 2. The van der Waals surface area contributed by atoms with Crippen molar-refractivity contribution in [1.82, 2.24) is 15.0 Å². The Hall–Kier alpha value is -2.77. The van der Waals surface area contributed by atoms with Crippen LogP contribution in [0.4, 0.5) is 10.1 Å². The zero-order chi connectivity index (χ0) is 17.6. The molecule has 1 aromatic carbocycles. The Labute approximate surface area is 143 Å². The first-order chi connectivity index (χ1) is 12.0. The van der Waals surface area contributed by atoms with Crippen LogP contribution in [0, 0.1) is 12.7 Å². The monoisotopic (exact) mass is 344 g/mol. The van der Waals surface area contributed by atoms with Gasteiger partial charge in [0.15, 0.2) is 5.82 Å². The quantitative estimate of drug-likeness (QED) is 0.900. The molecule has 4 rings (SSSR count). The Kier molecular flexibility index (Phi) is 3.74. The number of rotatable bonds is 2. The maximum absolute atomic E-state index is 14.4. The maximum Gasteiger partial charge on any atom is 0.256 e. The molecule has 0 bridgehead atoms. The normalized spacial score (nSPS) is 19.7.